The molecule has 0 saturated carbocycles. The van der Waals surface area contributed by atoms with Crippen molar-refractivity contribution in [3.8, 4) is 5.75 Å². The summed E-state index contributed by atoms with van der Waals surface area (Å²) in [6, 6.07) is 8.01. The fourth-order valence-corrected chi connectivity index (χ4v) is 3.36. The highest BCUT2D eigenvalue weighted by Gasteiger charge is 2.39. The van der Waals surface area contributed by atoms with Crippen LogP contribution in [0.3, 0.4) is 0 Å². The van der Waals surface area contributed by atoms with Gasteiger partial charge in [0.05, 0.1) is 0 Å². The summed E-state index contributed by atoms with van der Waals surface area (Å²) >= 11 is 0. The summed E-state index contributed by atoms with van der Waals surface area (Å²) in [5.41, 5.74) is 2.70. The summed E-state index contributed by atoms with van der Waals surface area (Å²) in [6.07, 6.45) is -0.181. The average molecular weight is 318 g/mol. The summed E-state index contributed by atoms with van der Waals surface area (Å²) in [4.78, 5) is 11.6. The highest BCUT2D eigenvalue weighted by molar-refractivity contribution is 6.74. The molecule has 4 heteroatoms. The summed E-state index contributed by atoms with van der Waals surface area (Å²) in [5.74, 6) is 0.676. The molecule has 0 fully saturated rings. The zero-order valence-electron chi connectivity index (χ0n) is 14.6. The van der Waals surface area contributed by atoms with Crippen LogP contribution in [0.2, 0.25) is 18.1 Å². The van der Waals surface area contributed by atoms with Crippen molar-refractivity contribution in [1.82, 2.24) is 0 Å². The van der Waals surface area contributed by atoms with E-state index in [1.165, 1.54) is 0 Å². The molecular weight excluding hydrogens is 292 g/mol. The number of hydrogen-bond donors (Lipinski definition) is 0. The number of cyclic esters (lactones) is 1. The molecule has 0 aromatic heterocycles. The molecule has 0 bridgehead atoms. The Bertz CT molecular complexity index is 606. The Labute approximate surface area is 134 Å². The second-order valence-corrected chi connectivity index (χ2v) is 12.2. The summed E-state index contributed by atoms with van der Waals surface area (Å²) in [6.45, 7) is 14.9. The second-order valence-electron chi connectivity index (χ2n) is 7.47. The molecule has 0 aliphatic carbocycles. The first kappa shape index (κ1) is 16.8. The smallest absolute Gasteiger partial charge is 0.334 e. The van der Waals surface area contributed by atoms with E-state index in [1.807, 2.05) is 38.1 Å². The van der Waals surface area contributed by atoms with Crippen molar-refractivity contribution in [2.45, 2.75) is 58.9 Å². The lowest BCUT2D eigenvalue weighted by Crippen LogP contribution is -2.43. The third-order valence-electron chi connectivity index (χ3n) is 4.75. The number of esters is 1. The number of ether oxygens (including phenoxy) is 1. The largest absolute Gasteiger partial charge is 0.544 e. The molecule has 0 saturated heterocycles. The lowest BCUT2D eigenvalue weighted by Gasteiger charge is -2.36. The maximum atomic E-state index is 11.6. The molecule has 1 aromatic carbocycles. The van der Waals surface area contributed by atoms with E-state index < -0.39 is 8.32 Å². The first-order valence-electron chi connectivity index (χ1n) is 7.74. The fourth-order valence-electron chi connectivity index (χ4n) is 2.32. The summed E-state index contributed by atoms with van der Waals surface area (Å²) < 4.78 is 11.5. The number of hydrogen-bond acceptors (Lipinski definition) is 3. The van der Waals surface area contributed by atoms with Gasteiger partial charge in [-0.1, -0.05) is 32.9 Å². The zero-order valence-corrected chi connectivity index (χ0v) is 15.6. The number of carbonyl (C=O) groups is 1. The molecule has 2 rings (SSSR count). The van der Waals surface area contributed by atoms with Gasteiger partial charge in [-0.15, -0.1) is 0 Å². The highest BCUT2D eigenvalue weighted by atomic mass is 28.4. The van der Waals surface area contributed by atoms with Gasteiger partial charge in [0.25, 0.3) is 0 Å². The van der Waals surface area contributed by atoms with E-state index in [1.54, 1.807) is 0 Å². The van der Waals surface area contributed by atoms with Crippen molar-refractivity contribution in [1.29, 1.82) is 0 Å². The van der Waals surface area contributed by atoms with Crippen molar-refractivity contribution >= 4 is 19.9 Å². The van der Waals surface area contributed by atoms with Crippen LogP contribution in [0.1, 0.15) is 40.2 Å². The lowest BCUT2D eigenvalue weighted by molar-refractivity contribution is -0.138. The maximum absolute atomic E-state index is 11.6. The minimum absolute atomic E-state index is 0.172. The Morgan fingerprint density at radius 1 is 1.14 bits per heavy atom. The molecule has 1 aliphatic heterocycles. The molecule has 120 valence electrons. The number of carbonyl (C=O) groups excluding carboxylic acids is 1. The van der Waals surface area contributed by atoms with Gasteiger partial charge in [0.1, 0.15) is 11.9 Å². The minimum Gasteiger partial charge on any atom is -0.544 e. The molecule has 0 amide bonds. The molecule has 0 spiro atoms. The average Bonchev–Trinajstić information content (AvgIpc) is 2.63. The van der Waals surface area contributed by atoms with Crippen LogP contribution < -0.4 is 4.43 Å². The van der Waals surface area contributed by atoms with E-state index in [0.717, 1.165) is 16.9 Å². The van der Waals surface area contributed by atoms with Gasteiger partial charge >= 0.3 is 5.97 Å². The topological polar surface area (TPSA) is 35.5 Å². The van der Waals surface area contributed by atoms with Gasteiger partial charge in [-0.25, -0.2) is 4.79 Å². The van der Waals surface area contributed by atoms with E-state index in [2.05, 4.69) is 33.9 Å². The van der Waals surface area contributed by atoms with Crippen LogP contribution in [0.4, 0.5) is 0 Å². The standard InChI is InChI=1S/C18H26O3Si/c1-12-16(13(2)20-17(12)19)14-8-10-15(11-9-14)21-22(6,7)18(3,4)5/h8-11,13H,1-7H3/t13-/m1/s1. The van der Waals surface area contributed by atoms with Crippen LogP contribution in [0.15, 0.2) is 29.8 Å². The van der Waals surface area contributed by atoms with Gasteiger partial charge in [-0.3, -0.25) is 0 Å². The molecule has 3 nitrogen and oxygen atoms in total. The Morgan fingerprint density at radius 3 is 2.09 bits per heavy atom. The number of rotatable bonds is 3. The molecule has 0 N–H and O–H groups in total. The predicted octanol–water partition coefficient (Wildman–Crippen LogP) is 4.79. The van der Waals surface area contributed by atoms with Crippen LogP contribution in [-0.2, 0) is 9.53 Å². The van der Waals surface area contributed by atoms with E-state index in [4.69, 9.17) is 9.16 Å². The van der Waals surface area contributed by atoms with Crippen molar-refractivity contribution in [2.24, 2.45) is 0 Å². The van der Waals surface area contributed by atoms with Gasteiger partial charge in [-0.2, -0.15) is 0 Å². The molecule has 0 radical (unpaired) electrons. The van der Waals surface area contributed by atoms with Crippen LogP contribution in [0, 0.1) is 0 Å². The highest BCUT2D eigenvalue weighted by Crippen LogP contribution is 2.38. The van der Waals surface area contributed by atoms with Gasteiger partial charge in [-0.05, 0) is 49.7 Å². The van der Waals surface area contributed by atoms with Crippen molar-refractivity contribution < 1.29 is 14.0 Å². The molecule has 1 heterocycles. The van der Waals surface area contributed by atoms with Gasteiger partial charge < -0.3 is 9.16 Å². The van der Waals surface area contributed by atoms with Crippen molar-refractivity contribution in [2.75, 3.05) is 0 Å². The van der Waals surface area contributed by atoms with Gasteiger partial charge in [0, 0.05) is 11.1 Å². The molecule has 22 heavy (non-hydrogen) atoms. The Morgan fingerprint density at radius 2 is 1.68 bits per heavy atom. The normalized spacial score (nSPS) is 19.4. The van der Waals surface area contributed by atoms with Crippen LogP contribution in [0.25, 0.3) is 5.57 Å². The lowest BCUT2D eigenvalue weighted by atomic mass is 9.98. The van der Waals surface area contributed by atoms with Crippen molar-refractivity contribution in [3.63, 3.8) is 0 Å². The zero-order chi connectivity index (χ0) is 16.7. The number of benzene rings is 1. The van der Waals surface area contributed by atoms with Crippen molar-refractivity contribution in [3.05, 3.63) is 35.4 Å². The Kier molecular flexibility index (Phi) is 4.26. The van der Waals surface area contributed by atoms with E-state index >= 15 is 0 Å². The van der Waals surface area contributed by atoms with E-state index in [9.17, 15) is 4.79 Å². The van der Waals surface area contributed by atoms with Crippen LogP contribution in [-0.4, -0.2) is 20.4 Å². The first-order chi connectivity index (χ1) is 10.0. The summed E-state index contributed by atoms with van der Waals surface area (Å²) in [7, 11) is -1.82. The second kappa shape index (κ2) is 5.58. The minimum atomic E-state index is -1.82. The SMILES string of the molecule is CC1=C(c2ccc(O[Si](C)(C)C(C)(C)C)cc2)[C@@H](C)OC1=O. The molecule has 0 unspecified atom stereocenters. The van der Waals surface area contributed by atoms with E-state index in [-0.39, 0.29) is 17.1 Å². The Balaban J connectivity index is 2.24. The quantitative estimate of drug-likeness (QED) is 0.594. The van der Waals surface area contributed by atoms with E-state index in [0.29, 0.717) is 5.57 Å². The Hall–Kier alpha value is -1.55. The monoisotopic (exact) mass is 318 g/mol. The van der Waals surface area contributed by atoms with Crippen LogP contribution in [0.5, 0.6) is 5.75 Å². The maximum Gasteiger partial charge on any atom is 0.334 e. The third kappa shape index (κ3) is 3.12. The molecule has 1 aromatic rings. The third-order valence-corrected chi connectivity index (χ3v) is 9.10. The predicted molar refractivity (Wildman–Crippen MR) is 92.4 cm³/mol. The summed E-state index contributed by atoms with van der Waals surface area (Å²) in [5, 5.41) is 0.172. The fraction of sp³-hybridized carbons (Fsp3) is 0.500. The molecule has 1 aliphatic rings. The first-order valence-corrected chi connectivity index (χ1v) is 10.6. The van der Waals surface area contributed by atoms with Crippen LogP contribution >= 0.6 is 0 Å². The molecular formula is C18H26O3Si. The molecule has 1 atom stereocenters. The van der Waals surface area contributed by atoms with Gasteiger partial charge in [0.2, 0.25) is 8.32 Å². The van der Waals surface area contributed by atoms with Gasteiger partial charge in [0.15, 0.2) is 0 Å².